The summed E-state index contributed by atoms with van der Waals surface area (Å²) in [5.41, 5.74) is 1.54. The Labute approximate surface area is 122 Å². The first-order valence-electron chi connectivity index (χ1n) is 6.92. The SMILES string of the molecule is Cn1cc(-c2ncccc2C(=O)NCC2(CF)CC2)cn1. The van der Waals surface area contributed by atoms with Crippen molar-refractivity contribution in [3.8, 4) is 11.3 Å². The maximum absolute atomic E-state index is 12.9. The number of carbonyl (C=O) groups excluding carboxylic acids is 1. The van der Waals surface area contributed by atoms with Gasteiger partial charge in [-0.05, 0) is 25.0 Å². The zero-order valence-electron chi connectivity index (χ0n) is 11.8. The van der Waals surface area contributed by atoms with Crippen molar-refractivity contribution < 1.29 is 9.18 Å². The molecule has 5 nitrogen and oxygen atoms in total. The lowest BCUT2D eigenvalue weighted by molar-refractivity contribution is 0.0942. The maximum Gasteiger partial charge on any atom is 0.253 e. The van der Waals surface area contributed by atoms with Crippen molar-refractivity contribution in [2.24, 2.45) is 12.5 Å². The number of rotatable bonds is 5. The molecule has 3 rings (SSSR count). The van der Waals surface area contributed by atoms with Crippen LogP contribution in [-0.2, 0) is 7.05 Å². The Hall–Kier alpha value is -2.24. The van der Waals surface area contributed by atoms with Gasteiger partial charge in [0.15, 0.2) is 0 Å². The highest BCUT2D eigenvalue weighted by Crippen LogP contribution is 2.45. The van der Waals surface area contributed by atoms with Gasteiger partial charge >= 0.3 is 0 Å². The molecule has 0 spiro atoms. The Morgan fingerprint density at radius 1 is 1.52 bits per heavy atom. The summed E-state index contributed by atoms with van der Waals surface area (Å²) >= 11 is 0. The van der Waals surface area contributed by atoms with E-state index in [-0.39, 0.29) is 18.0 Å². The zero-order valence-corrected chi connectivity index (χ0v) is 11.8. The number of nitrogens with one attached hydrogen (secondary N) is 1. The number of hydrogen-bond donors (Lipinski definition) is 1. The van der Waals surface area contributed by atoms with Crippen molar-refractivity contribution >= 4 is 5.91 Å². The third-order valence-electron chi connectivity index (χ3n) is 3.90. The van der Waals surface area contributed by atoms with Crippen LogP contribution in [0, 0.1) is 5.41 Å². The summed E-state index contributed by atoms with van der Waals surface area (Å²) in [5, 5.41) is 6.92. The molecule has 1 aliphatic rings. The number of nitrogens with zero attached hydrogens (tertiary/aromatic N) is 3. The van der Waals surface area contributed by atoms with Gasteiger partial charge in [0, 0.05) is 37.0 Å². The van der Waals surface area contributed by atoms with Crippen LogP contribution in [0.25, 0.3) is 11.3 Å². The molecule has 0 aromatic carbocycles. The summed E-state index contributed by atoms with van der Waals surface area (Å²) in [6, 6.07) is 3.44. The summed E-state index contributed by atoms with van der Waals surface area (Å²) in [4.78, 5) is 16.6. The van der Waals surface area contributed by atoms with Gasteiger partial charge in [0.2, 0.25) is 0 Å². The van der Waals surface area contributed by atoms with E-state index in [1.165, 1.54) is 0 Å². The smallest absolute Gasteiger partial charge is 0.253 e. The lowest BCUT2D eigenvalue weighted by atomic mass is 10.1. The van der Waals surface area contributed by atoms with E-state index in [1.807, 2.05) is 13.2 Å². The second kappa shape index (κ2) is 5.27. The molecule has 0 unspecified atom stereocenters. The molecule has 1 aliphatic carbocycles. The zero-order chi connectivity index (χ0) is 14.9. The molecule has 21 heavy (non-hydrogen) atoms. The number of aryl methyl sites for hydroxylation is 1. The summed E-state index contributed by atoms with van der Waals surface area (Å²) in [7, 11) is 1.81. The average Bonchev–Trinajstić information content (AvgIpc) is 3.18. The van der Waals surface area contributed by atoms with Crippen molar-refractivity contribution in [2.75, 3.05) is 13.2 Å². The van der Waals surface area contributed by atoms with E-state index < -0.39 is 0 Å². The first-order chi connectivity index (χ1) is 10.1. The van der Waals surface area contributed by atoms with Gasteiger partial charge in [0.05, 0.1) is 24.1 Å². The van der Waals surface area contributed by atoms with Crippen LogP contribution in [0.2, 0.25) is 0 Å². The molecule has 2 aromatic rings. The van der Waals surface area contributed by atoms with Crippen LogP contribution < -0.4 is 5.32 Å². The van der Waals surface area contributed by atoms with Crippen molar-refractivity contribution in [3.05, 3.63) is 36.3 Å². The van der Waals surface area contributed by atoms with E-state index in [4.69, 9.17) is 0 Å². The molecule has 0 bridgehead atoms. The van der Waals surface area contributed by atoms with Crippen LogP contribution in [-0.4, -0.2) is 33.9 Å². The Bertz CT molecular complexity index is 663. The molecule has 0 saturated heterocycles. The Kier molecular flexibility index (Phi) is 3.45. The number of hydrogen-bond acceptors (Lipinski definition) is 3. The number of alkyl halides is 1. The molecule has 6 heteroatoms. The normalized spacial score (nSPS) is 15.7. The first-order valence-corrected chi connectivity index (χ1v) is 6.92. The van der Waals surface area contributed by atoms with E-state index in [1.54, 1.807) is 29.2 Å². The fourth-order valence-corrected chi connectivity index (χ4v) is 2.26. The van der Waals surface area contributed by atoms with E-state index in [0.29, 0.717) is 17.8 Å². The molecule has 2 aromatic heterocycles. The largest absolute Gasteiger partial charge is 0.351 e. The highest BCUT2D eigenvalue weighted by Gasteiger charge is 2.43. The minimum absolute atomic E-state index is 0.221. The van der Waals surface area contributed by atoms with Crippen LogP contribution >= 0.6 is 0 Å². The summed E-state index contributed by atoms with van der Waals surface area (Å²) in [6.45, 7) is -0.000507. The Morgan fingerprint density at radius 2 is 2.33 bits per heavy atom. The summed E-state index contributed by atoms with van der Waals surface area (Å²) < 4.78 is 14.5. The number of pyridine rings is 1. The monoisotopic (exact) mass is 288 g/mol. The molecule has 110 valence electrons. The van der Waals surface area contributed by atoms with Crippen molar-refractivity contribution in [1.82, 2.24) is 20.1 Å². The molecule has 1 amide bonds. The van der Waals surface area contributed by atoms with E-state index >= 15 is 0 Å². The average molecular weight is 288 g/mol. The molecule has 0 aliphatic heterocycles. The summed E-state index contributed by atoms with van der Waals surface area (Å²) in [5.74, 6) is -0.221. The van der Waals surface area contributed by atoms with Gasteiger partial charge in [0.25, 0.3) is 5.91 Å². The molecular formula is C15H17FN4O. The van der Waals surface area contributed by atoms with Crippen LogP contribution in [0.5, 0.6) is 0 Å². The predicted molar refractivity (Wildman–Crippen MR) is 76.4 cm³/mol. The number of amides is 1. The molecule has 0 atom stereocenters. The molecule has 1 saturated carbocycles. The van der Waals surface area contributed by atoms with Crippen molar-refractivity contribution in [3.63, 3.8) is 0 Å². The van der Waals surface area contributed by atoms with Crippen LogP contribution in [0.15, 0.2) is 30.7 Å². The van der Waals surface area contributed by atoms with Gasteiger partial charge in [-0.2, -0.15) is 5.10 Å². The molecule has 0 radical (unpaired) electrons. The Morgan fingerprint density at radius 3 is 2.95 bits per heavy atom. The molecular weight excluding hydrogens is 271 g/mol. The lowest BCUT2D eigenvalue weighted by Crippen LogP contribution is -2.31. The van der Waals surface area contributed by atoms with Gasteiger partial charge in [-0.15, -0.1) is 0 Å². The second-order valence-corrected chi connectivity index (χ2v) is 5.62. The first kappa shape index (κ1) is 13.7. The third kappa shape index (κ3) is 2.79. The van der Waals surface area contributed by atoms with Crippen molar-refractivity contribution in [1.29, 1.82) is 0 Å². The van der Waals surface area contributed by atoms with Crippen LogP contribution in [0.1, 0.15) is 23.2 Å². The van der Waals surface area contributed by atoms with Gasteiger partial charge in [-0.25, -0.2) is 0 Å². The Balaban J connectivity index is 1.80. The molecule has 2 heterocycles. The maximum atomic E-state index is 12.9. The lowest BCUT2D eigenvalue weighted by Gasteiger charge is -2.13. The van der Waals surface area contributed by atoms with Gasteiger partial charge in [-0.1, -0.05) is 0 Å². The minimum Gasteiger partial charge on any atom is -0.351 e. The fourth-order valence-electron chi connectivity index (χ4n) is 2.26. The quantitative estimate of drug-likeness (QED) is 0.915. The summed E-state index contributed by atoms with van der Waals surface area (Å²) in [6.07, 6.45) is 6.80. The topological polar surface area (TPSA) is 59.8 Å². The van der Waals surface area contributed by atoms with E-state index in [0.717, 1.165) is 18.4 Å². The standard InChI is InChI=1S/C15H17FN4O/c1-20-8-11(7-19-20)13-12(3-2-6-17-13)14(21)18-10-15(9-16)4-5-15/h2-3,6-8H,4-5,9-10H2,1H3,(H,18,21). The third-order valence-corrected chi connectivity index (χ3v) is 3.90. The highest BCUT2D eigenvalue weighted by atomic mass is 19.1. The number of halogens is 1. The second-order valence-electron chi connectivity index (χ2n) is 5.62. The van der Waals surface area contributed by atoms with Crippen molar-refractivity contribution in [2.45, 2.75) is 12.8 Å². The molecule has 1 fully saturated rings. The predicted octanol–water partition coefficient (Wildman–Crippen LogP) is 1.96. The fraction of sp³-hybridized carbons (Fsp3) is 0.400. The van der Waals surface area contributed by atoms with E-state index in [9.17, 15) is 9.18 Å². The van der Waals surface area contributed by atoms with Crippen LogP contribution in [0.4, 0.5) is 4.39 Å². The van der Waals surface area contributed by atoms with Crippen LogP contribution in [0.3, 0.4) is 0 Å². The van der Waals surface area contributed by atoms with Gasteiger partial charge in [-0.3, -0.25) is 18.9 Å². The minimum atomic E-state index is -0.379. The van der Waals surface area contributed by atoms with Gasteiger partial charge in [0.1, 0.15) is 0 Å². The highest BCUT2D eigenvalue weighted by molar-refractivity contribution is 5.99. The van der Waals surface area contributed by atoms with Gasteiger partial charge < -0.3 is 5.32 Å². The number of aromatic nitrogens is 3. The van der Waals surface area contributed by atoms with E-state index in [2.05, 4.69) is 15.4 Å². The number of carbonyl (C=O) groups is 1. The molecule has 1 N–H and O–H groups in total.